The molecule has 1 saturated carbocycles. The quantitative estimate of drug-likeness (QED) is 0.703. The summed E-state index contributed by atoms with van der Waals surface area (Å²) in [5, 5.41) is 10.4. The summed E-state index contributed by atoms with van der Waals surface area (Å²) >= 11 is 1.07. The van der Waals surface area contributed by atoms with Crippen LogP contribution in [0.4, 0.5) is 5.13 Å². The monoisotopic (exact) mass is 410 g/mol. The number of fused-ring (bicyclic) bond motifs is 1. The van der Waals surface area contributed by atoms with Crippen LogP contribution in [-0.2, 0) is 9.59 Å². The minimum Gasteiger partial charge on any atom is -0.480 e. The van der Waals surface area contributed by atoms with Gasteiger partial charge in [-0.25, -0.2) is 4.79 Å². The summed E-state index contributed by atoms with van der Waals surface area (Å²) in [6.07, 6.45) is 5.11. The Morgan fingerprint density at radius 2 is 2.07 bits per heavy atom. The van der Waals surface area contributed by atoms with Gasteiger partial charge in [0.05, 0.1) is 19.2 Å². The highest BCUT2D eigenvalue weighted by molar-refractivity contribution is 7.09. The number of ketones is 1. The molecular formula is C19H30N4O4S. The predicted octanol–water partition coefficient (Wildman–Crippen LogP) is 2.33. The molecule has 0 aromatic carbocycles. The van der Waals surface area contributed by atoms with Gasteiger partial charge in [-0.3, -0.25) is 4.79 Å². The smallest absolute Gasteiger partial charge is 0.329 e. The van der Waals surface area contributed by atoms with E-state index in [0.29, 0.717) is 18.0 Å². The number of aromatic nitrogens is 2. The van der Waals surface area contributed by atoms with E-state index in [9.17, 15) is 14.7 Å². The van der Waals surface area contributed by atoms with Gasteiger partial charge in [-0.15, -0.1) is 4.37 Å². The number of aliphatic carboxylic acids is 1. The van der Waals surface area contributed by atoms with Crippen LogP contribution in [0, 0.1) is 17.8 Å². The molecule has 1 aromatic heterocycles. The molecule has 1 aliphatic carbocycles. The largest absolute Gasteiger partial charge is 0.480 e. The van der Waals surface area contributed by atoms with Gasteiger partial charge in [0.2, 0.25) is 5.13 Å². The number of hydrogen-bond donors (Lipinski definition) is 2. The third kappa shape index (κ3) is 4.15. The first-order valence-electron chi connectivity index (χ1n) is 10.0. The molecule has 1 aromatic rings. The van der Waals surface area contributed by atoms with E-state index in [1.54, 1.807) is 4.90 Å². The van der Waals surface area contributed by atoms with Crippen LogP contribution in [0.5, 0.6) is 6.01 Å². The molecule has 5 atom stereocenters. The van der Waals surface area contributed by atoms with Gasteiger partial charge in [0, 0.05) is 11.5 Å². The van der Waals surface area contributed by atoms with Crippen molar-refractivity contribution in [1.82, 2.24) is 9.36 Å². The lowest BCUT2D eigenvalue weighted by Gasteiger charge is -2.50. The molecule has 28 heavy (non-hydrogen) atoms. The van der Waals surface area contributed by atoms with Crippen molar-refractivity contribution in [2.45, 2.75) is 70.5 Å². The molecule has 2 aliphatic rings. The Labute approximate surface area is 169 Å². The zero-order valence-electron chi connectivity index (χ0n) is 16.7. The number of rotatable bonds is 7. The average Bonchev–Trinajstić information content (AvgIpc) is 3.14. The molecule has 1 aliphatic heterocycles. The van der Waals surface area contributed by atoms with E-state index in [4.69, 9.17) is 10.5 Å². The van der Waals surface area contributed by atoms with E-state index in [2.05, 4.69) is 9.36 Å². The van der Waals surface area contributed by atoms with Crippen LogP contribution in [0.1, 0.15) is 52.4 Å². The number of piperidine rings is 1. The Balaban J connectivity index is 2.02. The van der Waals surface area contributed by atoms with Gasteiger partial charge in [0.15, 0.2) is 5.78 Å². The van der Waals surface area contributed by atoms with Gasteiger partial charge >= 0.3 is 12.0 Å². The van der Waals surface area contributed by atoms with Crippen molar-refractivity contribution < 1.29 is 19.4 Å². The fraction of sp³-hybridized carbons (Fsp3) is 0.789. The lowest BCUT2D eigenvalue weighted by atomic mass is 9.67. The Bertz CT molecular complexity index is 710. The number of methoxy groups -OCH3 is 1. The van der Waals surface area contributed by atoms with Crippen molar-refractivity contribution in [3.63, 3.8) is 0 Å². The van der Waals surface area contributed by atoms with Crippen molar-refractivity contribution in [2.75, 3.05) is 12.0 Å². The fourth-order valence-corrected chi connectivity index (χ4v) is 5.53. The molecule has 0 bridgehead atoms. The van der Waals surface area contributed by atoms with E-state index in [0.717, 1.165) is 37.2 Å². The first-order chi connectivity index (χ1) is 13.3. The van der Waals surface area contributed by atoms with E-state index in [1.165, 1.54) is 7.11 Å². The number of ether oxygens (including phenoxy) is 1. The van der Waals surface area contributed by atoms with Crippen molar-refractivity contribution in [2.24, 2.45) is 23.5 Å². The van der Waals surface area contributed by atoms with E-state index < -0.39 is 24.1 Å². The van der Waals surface area contributed by atoms with Crippen LogP contribution in [0.3, 0.4) is 0 Å². The van der Waals surface area contributed by atoms with Crippen LogP contribution in [0.15, 0.2) is 0 Å². The Morgan fingerprint density at radius 1 is 1.36 bits per heavy atom. The van der Waals surface area contributed by atoms with Crippen LogP contribution >= 0.6 is 11.5 Å². The molecule has 9 heteroatoms. The zero-order valence-corrected chi connectivity index (χ0v) is 17.5. The molecule has 2 heterocycles. The van der Waals surface area contributed by atoms with Crippen LogP contribution < -0.4 is 15.4 Å². The number of hydrogen-bond acceptors (Lipinski definition) is 8. The molecule has 0 amide bonds. The number of anilines is 1. The van der Waals surface area contributed by atoms with E-state index in [-0.39, 0.29) is 29.5 Å². The maximum Gasteiger partial charge on any atom is 0.329 e. The Morgan fingerprint density at radius 3 is 2.68 bits per heavy atom. The van der Waals surface area contributed by atoms with Crippen molar-refractivity contribution in [1.29, 1.82) is 0 Å². The summed E-state index contributed by atoms with van der Waals surface area (Å²) in [5.74, 6) is -0.403. The zero-order chi connectivity index (χ0) is 20.4. The van der Waals surface area contributed by atoms with Crippen LogP contribution in [0.2, 0.25) is 0 Å². The van der Waals surface area contributed by atoms with Gasteiger partial charge in [0.1, 0.15) is 6.04 Å². The molecule has 3 N–H and O–H groups in total. The SMILES string of the molecule is COc1nsc(N2C(C(=O)[C@@H](N)CC(C)C)[C@H]3CCCC[C@@H]3C[C@H]2C(=O)O)n1. The lowest BCUT2D eigenvalue weighted by Crippen LogP contribution is -2.63. The fourth-order valence-electron chi connectivity index (χ4n) is 4.80. The van der Waals surface area contributed by atoms with Gasteiger partial charge < -0.3 is 20.5 Å². The molecule has 8 nitrogen and oxygen atoms in total. The molecule has 2 fully saturated rings. The summed E-state index contributed by atoms with van der Waals surface area (Å²) in [6.45, 7) is 4.07. The third-order valence-electron chi connectivity index (χ3n) is 6.00. The summed E-state index contributed by atoms with van der Waals surface area (Å²) < 4.78 is 9.21. The second kappa shape index (κ2) is 8.73. The molecule has 0 spiro atoms. The topological polar surface area (TPSA) is 119 Å². The van der Waals surface area contributed by atoms with Crippen LogP contribution in [0.25, 0.3) is 0 Å². The number of nitrogens with zero attached hydrogens (tertiary/aromatic N) is 3. The second-order valence-corrected chi connectivity index (χ2v) is 9.08. The van der Waals surface area contributed by atoms with Crippen molar-refractivity contribution in [3.8, 4) is 6.01 Å². The Kier molecular flexibility index (Phi) is 6.54. The summed E-state index contributed by atoms with van der Waals surface area (Å²) in [5.41, 5.74) is 6.28. The minimum atomic E-state index is -0.937. The number of carbonyl (C=O) groups is 2. The summed E-state index contributed by atoms with van der Waals surface area (Å²) in [7, 11) is 1.47. The minimum absolute atomic E-state index is 0.0780. The first-order valence-corrected chi connectivity index (χ1v) is 10.8. The third-order valence-corrected chi connectivity index (χ3v) is 6.72. The molecule has 156 valence electrons. The van der Waals surface area contributed by atoms with Gasteiger partial charge in [-0.2, -0.15) is 4.98 Å². The number of Topliss-reactive ketones (excluding diaryl/α,β-unsaturated/α-hetero) is 1. The van der Waals surface area contributed by atoms with Gasteiger partial charge in [-0.1, -0.05) is 26.7 Å². The van der Waals surface area contributed by atoms with E-state index >= 15 is 0 Å². The Hall–Kier alpha value is -1.74. The number of carboxylic acid groups (broad SMARTS) is 1. The standard InChI is InChI=1S/C19H30N4O4S/c1-10(2)8-13(20)16(24)15-12-7-5-4-6-11(12)9-14(17(25)26)23(15)19-21-18(27-3)22-28-19/h10-15H,4-9,20H2,1-3H3,(H,25,26)/t11-,12+,13+,14+,15?/m1/s1. The molecule has 0 radical (unpaired) electrons. The molecule has 3 rings (SSSR count). The normalized spacial score (nSPS) is 28.7. The number of nitrogens with two attached hydrogens (primary N) is 1. The highest BCUT2D eigenvalue weighted by Crippen LogP contribution is 2.45. The number of carboxylic acids is 1. The first kappa shape index (κ1) is 21.0. The predicted molar refractivity (Wildman–Crippen MR) is 107 cm³/mol. The molecule has 1 saturated heterocycles. The maximum atomic E-state index is 13.5. The summed E-state index contributed by atoms with van der Waals surface area (Å²) in [6, 6.07) is -1.81. The van der Waals surface area contributed by atoms with Gasteiger partial charge in [0.25, 0.3) is 0 Å². The molecule has 1 unspecified atom stereocenters. The highest BCUT2D eigenvalue weighted by Gasteiger charge is 2.51. The van der Waals surface area contributed by atoms with Crippen molar-refractivity contribution >= 4 is 28.4 Å². The highest BCUT2D eigenvalue weighted by atomic mass is 32.1. The van der Waals surface area contributed by atoms with Crippen LogP contribution in [-0.4, -0.2) is 51.5 Å². The summed E-state index contributed by atoms with van der Waals surface area (Å²) in [4.78, 5) is 31.6. The molecular weight excluding hydrogens is 380 g/mol. The maximum absolute atomic E-state index is 13.5. The number of carbonyl (C=O) groups excluding carboxylic acids is 1. The average molecular weight is 411 g/mol. The van der Waals surface area contributed by atoms with E-state index in [1.807, 2.05) is 13.8 Å². The lowest BCUT2D eigenvalue weighted by molar-refractivity contribution is -0.141. The second-order valence-electron chi connectivity index (χ2n) is 8.35. The van der Waals surface area contributed by atoms with Crippen molar-refractivity contribution in [3.05, 3.63) is 0 Å². The van der Waals surface area contributed by atoms with Gasteiger partial charge in [-0.05, 0) is 43.4 Å².